The number of hydrogen-bond donors (Lipinski definition) is 1. The Labute approximate surface area is 128 Å². The molecule has 1 aromatic carbocycles. The van der Waals surface area contributed by atoms with Crippen LogP contribution in [0.1, 0.15) is 0 Å². The van der Waals surface area contributed by atoms with Crippen LogP contribution in [-0.2, 0) is 0 Å². The summed E-state index contributed by atoms with van der Waals surface area (Å²) in [6.45, 7) is 0. The van der Waals surface area contributed by atoms with Crippen LogP contribution in [0.25, 0.3) is 16.9 Å². The third-order valence-corrected chi connectivity index (χ3v) is 3.72. The molecule has 0 atom stereocenters. The van der Waals surface area contributed by atoms with Crippen LogP contribution in [0, 0.1) is 0 Å². The van der Waals surface area contributed by atoms with E-state index in [2.05, 4.69) is 26.0 Å². The highest BCUT2D eigenvalue weighted by Gasteiger charge is 2.16. The lowest BCUT2D eigenvalue weighted by Gasteiger charge is -2.12. The molecular formula is C14H12BrN3O3. The van der Waals surface area contributed by atoms with Crippen LogP contribution in [0.15, 0.2) is 39.7 Å². The molecule has 1 N–H and O–H groups in total. The molecule has 2 heterocycles. The van der Waals surface area contributed by atoms with Crippen molar-refractivity contribution < 1.29 is 9.47 Å². The van der Waals surface area contributed by atoms with E-state index in [1.165, 1.54) is 10.6 Å². The predicted octanol–water partition coefficient (Wildman–Crippen LogP) is 2.47. The summed E-state index contributed by atoms with van der Waals surface area (Å²) >= 11 is 3.36. The number of methoxy groups -OCH3 is 2. The van der Waals surface area contributed by atoms with Crippen molar-refractivity contribution in [3.05, 3.63) is 45.3 Å². The van der Waals surface area contributed by atoms with E-state index in [4.69, 9.17) is 9.47 Å². The first-order valence-electron chi connectivity index (χ1n) is 6.13. The van der Waals surface area contributed by atoms with Gasteiger partial charge >= 0.3 is 0 Å². The van der Waals surface area contributed by atoms with E-state index < -0.39 is 0 Å². The summed E-state index contributed by atoms with van der Waals surface area (Å²) in [4.78, 5) is 16.7. The highest BCUT2D eigenvalue weighted by Crippen LogP contribution is 2.37. The summed E-state index contributed by atoms with van der Waals surface area (Å²) in [7, 11) is 3.13. The van der Waals surface area contributed by atoms with Gasteiger partial charge < -0.3 is 9.47 Å². The van der Waals surface area contributed by atoms with Crippen LogP contribution in [0.2, 0.25) is 0 Å². The smallest absolute Gasteiger partial charge is 0.273 e. The second kappa shape index (κ2) is 5.25. The Hall–Kier alpha value is -2.28. The van der Waals surface area contributed by atoms with Crippen LogP contribution < -0.4 is 15.0 Å². The lowest BCUT2D eigenvalue weighted by molar-refractivity contribution is 0.397. The molecule has 0 amide bonds. The average molecular weight is 350 g/mol. The van der Waals surface area contributed by atoms with Gasteiger partial charge in [-0.2, -0.15) is 0 Å². The highest BCUT2D eigenvalue weighted by atomic mass is 79.9. The van der Waals surface area contributed by atoms with Crippen LogP contribution in [-0.4, -0.2) is 28.8 Å². The quantitative estimate of drug-likeness (QED) is 0.788. The zero-order valence-electron chi connectivity index (χ0n) is 11.4. The van der Waals surface area contributed by atoms with E-state index in [-0.39, 0.29) is 5.56 Å². The van der Waals surface area contributed by atoms with Gasteiger partial charge in [0.15, 0.2) is 5.65 Å². The Morgan fingerprint density at radius 2 is 1.90 bits per heavy atom. The molecule has 0 aliphatic heterocycles. The number of nitrogens with one attached hydrogen (secondary N) is 1. The number of halogens is 1. The molecule has 21 heavy (non-hydrogen) atoms. The van der Waals surface area contributed by atoms with Gasteiger partial charge in [0.25, 0.3) is 5.56 Å². The molecule has 0 radical (unpaired) electrons. The molecule has 6 nitrogen and oxygen atoms in total. The standard InChI is InChI=1S/C14H12BrN3O3/c1-20-10-4-3-5-11(21-2)13(10)9-6-12(19)18-14(17-9)8(15)7-16-18/h3-7,16H,1-2H3. The lowest BCUT2D eigenvalue weighted by atomic mass is 10.1. The first-order chi connectivity index (χ1) is 10.2. The number of benzene rings is 1. The van der Waals surface area contributed by atoms with E-state index >= 15 is 0 Å². The van der Waals surface area contributed by atoms with Gasteiger partial charge in [0.1, 0.15) is 11.5 Å². The Balaban J connectivity index is 2.35. The molecular weight excluding hydrogens is 338 g/mol. The molecule has 3 aromatic rings. The minimum Gasteiger partial charge on any atom is -0.496 e. The molecule has 0 fully saturated rings. The maximum Gasteiger partial charge on any atom is 0.273 e. The van der Waals surface area contributed by atoms with E-state index in [1.54, 1.807) is 32.5 Å². The molecule has 0 unspecified atom stereocenters. The number of aromatic amines is 1. The minimum absolute atomic E-state index is 0.214. The van der Waals surface area contributed by atoms with Gasteiger partial charge in [-0.25, -0.2) is 9.50 Å². The molecule has 0 bridgehead atoms. The van der Waals surface area contributed by atoms with Gasteiger partial charge in [-0.1, -0.05) is 6.07 Å². The first kappa shape index (κ1) is 13.7. The zero-order valence-corrected chi connectivity index (χ0v) is 13.0. The molecule has 7 heteroatoms. The van der Waals surface area contributed by atoms with E-state index in [0.717, 1.165) is 0 Å². The fraction of sp³-hybridized carbons (Fsp3) is 0.143. The lowest BCUT2D eigenvalue weighted by Crippen LogP contribution is -2.14. The molecule has 0 saturated carbocycles. The van der Waals surface area contributed by atoms with Crippen molar-refractivity contribution in [3.8, 4) is 22.8 Å². The number of hydrogen-bond acceptors (Lipinski definition) is 4. The van der Waals surface area contributed by atoms with E-state index in [9.17, 15) is 4.79 Å². The number of fused-ring (bicyclic) bond motifs is 1. The average Bonchev–Trinajstić information content (AvgIpc) is 2.88. The van der Waals surface area contributed by atoms with Gasteiger partial charge in [-0.05, 0) is 28.1 Å². The Kier molecular flexibility index (Phi) is 3.42. The summed E-state index contributed by atoms with van der Waals surface area (Å²) in [5, 5.41) is 2.82. The molecule has 0 aliphatic carbocycles. The second-order valence-electron chi connectivity index (χ2n) is 4.30. The minimum atomic E-state index is -0.214. The molecule has 0 saturated heterocycles. The number of nitrogens with zero attached hydrogens (tertiary/aromatic N) is 2. The van der Waals surface area contributed by atoms with Crippen molar-refractivity contribution in [3.63, 3.8) is 0 Å². The monoisotopic (exact) mass is 349 g/mol. The number of aromatic nitrogens is 3. The van der Waals surface area contributed by atoms with Crippen molar-refractivity contribution in [2.45, 2.75) is 0 Å². The topological polar surface area (TPSA) is 68.6 Å². The van der Waals surface area contributed by atoms with Gasteiger partial charge in [-0.3, -0.25) is 9.89 Å². The van der Waals surface area contributed by atoms with Gasteiger partial charge in [0, 0.05) is 12.3 Å². The third-order valence-electron chi connectivity index (χ3n) is 3.14. The largest absolute Gasteiger partial charge is 0.496 e. The summed E-state index contributed by atoms with van der Waals surface area (Å²) < 4.78 is 12.8. The maximum atomic E-state index is 12.2. The Morgan fingerprint density at radius 1 is 1.24 bits per heavy atom. The molecule has 0 aliphatic rings. The predicted molar refractivity (Wildman–Crippen MR) is 82.1 cm³/mol. The van der Waals surface area contributed by atoms with Crippen molar-refractivity contribution >= 4 is 21.6 Å². The Bertz CT molecular complexity index is 847. The maximum absolute atomic E-state index is 12.2. The van der Waals surface area contributed by atoms with Gasteiger partial charge in [0.2, 0.25) is 0 Å². The van der Waals surface area contributed by atoms with Crippen molar-refractivity contribution in [1.82, 2.24) is 14.6 Å². The number of rotatable bonds is 3. The second-order valence-corrected chi connectivity index (χ2v) is 5.15. The summed E-state index contributed by atoms with van der Waals surface area (Å²) in [6, 6.07) is 6.86. The number of ether oxygens (including phenoxy) is 2. The molecule has 108 valence electrons. The normalized spacial score (nSPS) is 10.8. The summed E-state index contributed by atoms with van der Waals surface area (Å²) in [5.41, 5.74) is 1.43. The molecule has 0 spiro atoms. The first-order valence-corrected chi connectivity index (χ1v) is 6.93. The molecule has 2 aromatic heterocycles. The van der Waals surface area contributed by atoms with Crippen LogP contribution in [0.3, 0.4) is 0 Å². The SMILES string of the molecule is COc1cccc(OC)c1-c1cc(=O)n2[nH]cc(Br)c2n1. The third kappa shape index (κ3) is 2.19. The molecule has 3 rings (SSSR count). The zero-order chi connectivity index (χ0) is 15.0. The van der Waals surface area contributed by atoms with Crippen molar-refractivity contribution in [2.75, 3.05) is 14.2 Å². The highest BCUT2D eigenvalue weighted by molar-refractivity contribution is 9.10. The Morgan fingerprint density at radius 3 is 2.52 bits per heavy atom. The fourth-order valence-corrected chi connectivity index (χ4v) is 2.55. The van der Waals surface area contributed by atoms with Crippen LogP contribution in [0.5, 0.6) is 11.5 Å². The fourth-order valence-electron chi connectivity index (χ4n) is 2.18. The summed E-state index contributed by atoms with van der Waals surface area (Å²) in [5.74, 6) is 1.19. The number of H-pyrrole nitrogens is 1. The van der Waals surface area contributed by atoms with E-state index in [1.807, 2.05) is 6.07 Å². The van der Waals surface area contributed by atoms with Gasteiger partial charge in [-0.15, -0.1) is 0 Å². The van der Waals surface area contributed by atoms with Gasteiger partial charge in [0.05, 0.1) is 29.9 Å². The summed E-state index contributed by atoms with van der Waals surface area (Å²) in [6.07, 6.45) is 1.66. The van der Waals surface area contributed by atoms with Crippen molar-refractivity contribution in [2.24, 2.45) is 0 Å². The van der Waals surface area contributed by atoms with Crippen molar-refractivity contribution in [1.29, 1.82) is 0 Å². The van der Waals surface area contributed by atoms with Crippen LogP contribution in [0.4, 0.5) is 0 Å². The van der Waals surface area contributed by atoms with E-state index in [0.29, 0.717) is 32.9 Å². The van der Waals surface area contributed by atoms with Crippen LogP contribution >= 0.6 is 15.9 Å².